The minimum Gasteiger partial charge on any atom is -0.370 e. The predicted octanol–water partition coefficient (Wildman–Crippen LogP) is 1.79. The molecule has 60 valence electrons. The maximum absolute atomic E-state index is 3.15. The quantitative estimate of drug-likeness (QED) is 0.681. The van der Waals surface area contributed by atoms with Crippen molar-refractivity contribution in [1.82, 2.24) is 4.98 Å². The highest BCUT2D eigenvalue weighted by molar-refractivity contribution is 5.56. The second kappa shape index (κ2) is 2.61. The number of aromatic nitrogens is 1. The molecule has 2 heteroatoms. The number of nitrogens with one attached hydrogen (secondary N) is 1. The van der Waals surface area contributed by atoms with Crippen LogP contribution in [-0.2, 0) is 6.42 Å². The van der Waals surface area contributed by atoms with E-state index in [1.165, 1.54) is 37.2 Å². The van der Waals surface area contributed by atoms with Gasteiger partial charge in [-0.1, -0.05) is 6.92 Å². The summed E-state index contributed by atoms with van der Waals surface area (Å²) in [5, 5.41) is 0. The van der Waals surface area contributed by atoms with Crippen LogP contribution in [0.4, 0.5) is 5.69 Å². The van der Waals surface area contributed by atoms with Gasteiger partial charge in [0.15, 0.2) is 0 Å². The Bertz CT molecular complexity index is 239. The summed E-state index contributed by atoms with van der Waals surface area (Å²) in [6, 6.07) is 0. The van der Waals surface area contributed by atoms with Crippen molar-refractivity contribution in [3.8, 4) is 0 Å². The van der Waals surface area contributed by atoms with Crippen LogP contribution in [0.1, 0.15) is 18.9 Å². The molecule has 1 aromatic heterocycles. The molecule has 1 N–H and O–H groups in total. The standard InChI is InChI=1S/C9H14N2/c1-2-4-11-5-3-8-6-10-7-9(8)11/h6-7,10H,2-5H2,1H3. The topological polar surface area (TPSA) is 19.0 Å². The summed E-state index contributed by atoms with van der Waals surface area (Å²) in [5.41, 5.74) is 2.91. The van der Waals surface area contributed by atoms with E-state index in [9.17, 15) is 0 Å². The highest BCUT2D eigenvalue weighted by Crippen LogP contribution is 2.26. The van der Waals surface area contributed by atoms with E-state index >= 15 is 0 Å². The Morgan fingerprint density at radius 3 is 3.27 bits per heavy atom. The van der Waals surface area contributed by atoms with Gasteiger partial charge in [-0.3, -0.25) is 0 Å². The molecule has 0 bridgehead atoms. The first kappa shape index (κ1) is 6.77. The molecule has 0 aromatic carbocycles. The second-order valence-corrected chi connectivity index (χ2v) is 3.10. The molecule has 0 saturated heterocycles. The van der Waals surface area contributed by atoms with E-state index in [1.54, 1.807) is 0 Å². The summed E-state index contributed by atoms with van der Waals surface area (Å²) < 4.78 is 0. The van der Waals surface area contributed by atoms with Crippen molar-refractivity contribution in [3.63, 3.8) is 0 Å². The fourth-order valence-corrected chi connectivity index (χ4v) is 1.76. The Kier molecular flexibility index (Phi) is 1.60. The Balaban J connectivity index is 2.18. The van der Waals surface area contributed by atoms with E-state index in [4.69, 9.17) is 0 Å². The predicted molar refractivity (Wildman–Crippen MR) is 47.0 cm³/mol. The third-order valence-corrected chi connectivity index (χ3v) is 2.29. The third-order valence-electron chi connectivity index (χ3n) is 2.29. The molecule has 1 aliphatic rings. The zero-order valence-corrected chi connectivity index (χ0v) is 6.93. The molecule has 2 nitrogen and oxygen atoms in total. The number of fused-ring (bicyclic) bond motifs is 1. The summed E-state index contributed by atoms with van der Waals surface area (Å²) in [5.74, 6) is 0. The number of hydrogen-bond donors (Lipinski definition) is 1. The molecule has 2 rings (SSSR count). The summed E-state index contributed by atoms with van der Waals surface area (Å²) >= 11 is 0. The average molecular weight is 150 g/mol. The number of aromatic amines is 1. The second-order valence-electron chi connectivity index (χ2n) is 3.10. The van der Waals surface area contributed by atoms with Gasteiger partial charge in [0.1, 0.15) is 0 Å². The first-order valence-electron chi connectivity index (χ1n) is 4.32. The summed E-state index contributed by atoms with van der Waals surface area (Å²) in [6.07, 6.45) is 6.69. The van der Waals surface area contributed by atoms with Crippen molar-refractivity contribution in [2.45, 2.75) is 19.8 Å². The molecule has 0 atom stereocenters. The van der Waals surface area contributed by atoms with Crippen LogP contribution in [-0.4, -0.2) is 18.1 Å². The van der Waals surface area contributed by atoms with Gasteiger partial charge in [0.25, 0.3) is 0 Å². The fourth-order valence-electron chi connectivity index (χ4n) is 1.76. The molecule has 0 radical (unpaired) electrons. The molecule has 11 heavy (non-hydrogen) atoms. The van der Waals surface area contributed by atoms with E-state index in [1.807, 2.05) is 0 Å². The van der Waals surface area contributed by atoms with E-state index in [-0.39, 0.29) is 0 Å². The van der Waals surface area contributed by atoms with Crippen LogP contribution in [0.5, 0.6) is 0 Å². The number of rotatable bonds is 2. The van der Waals surface area contributed by atoms with Crippen molar-refractivity contribution in [2.75, 3.05) is 18.0 Å². The molecule has 0 amide bonds. The normalized spacial score (nSPS) is 15.5. The van der Waals surface area contributed by atoms with Crippen molar-refractivity contribution in [2.24, 2.45) is 0 Å². The minimum absolute atomic E-state index is 1.20. The Labute approximate surface area is 67.2 Å². The number of nitrogens with zero attached hydrogens (tertiary/aromatic N) is 1. The lowest BCUT2D eigenvalue weighted by molar-refractivity contribution is 0.794. The molecular weight excluding hydrogens is 136 g/mol. The monoisotopic (exact) mass is 150 g/mol. The number of H-pyrrole nitrogens is 1. The number of anilines is 1. The van der Waals surface area contributed by atoms with Gasteiger partial charge >= 0.3 is 0 Å². The molecule has 2 heterocycles. The first-order valence-corrected chi connectivity index (χ1v) is 4.32. The van der Waals surface area contributed by atoms with Gasteiger partial charge in [-0.25, -0.2) is 0 Å². The van der Waals surface area contributed by atoms with Crippen LogP contribution in [0, 0.1) is 0 Å². The molecule has 0 fully saturated rings. The highest BCUT2D eigenvalue weighted by Gasteiger charge is 2.17. The SMILES string of the molecule is CCCN1CCc2c[nH]cc21. The fraction of sp³-hybridized carbons (Fsp3) is 0.556. The molecule has 0 unspecified atom stereocenters. The molecule has 0 saturated carbocycles. The van der Waals surface area contributed by atoms with Crippen LogP contribution in [0.2, 0.25) is 0 Å². The molecule has 0 spiro atoms. The third kappa shape index (κ3) is 1.02. The van der Waals surface area contributed by atoms with Gasteiger partial charge < -0.3 is 9.88 Å². The van der Waals surface area contributed by atoms with Crippen molar-refractivity contribution in [3.05, 3.63) is 18.0 Å². The largest absolute Gasteiger partial charge is 0.370 e. The molecule has 1 aliphatic heterocycles. The van der Waals surface area contributed by atoms with E-state index in [0.717, 1.165) is 0 Å². The highest BCUT2D eigenvalue weighted by atomic mass is 15.2. The van der Waals surface area contributed by atoms with Gasteiger partial charge in [-0.05, 0) is 18.4 Å². The first-order chi connectivity index (χ1) is 5.42. The summed E-state index contributed by atoms with van der Waals surface area (Å²) in [4.78, 5) is 5.60. The van der Waals surface area contributed by atoms with Gasteiger partial charge in [-0.15, -0.1) is 0 Å². The zero-order chi connectivity index (χ0) is 7.68. The van der Waals surface area contributed by atoms with Crippen LogP contribution in [0.25, 0.3) is 0 Å². The van der Waals surface area contributed by atoms with Crippen LogP contribution in [0.15, 0.2) is 12.4 Å². The minimum atomic E-state index is 1.20. The molecule has 0 aliphatic carbocycles. The lowest BCUT2D eigenvalue weighted by atomic mass is 10.3. The van der Waals surface area contributed by atoms with E-state index < -0.39 is 0 Å². The summed E-state index contributed by atoms with van der Waals surface area (Å²) in [6.45, 7) is 4.64. The Morgan fingerprint density at radius 2 is 2.45 bits per heavy atom. The summed E-state index contributed by atoms with van der Waals surface area (Å²) in [7, 11) is 0. The van der Waals surface area contributed by atoms with Crippen molar-refractivity contribution < 1.29 is 0 Å². The van der Waals surface area contributed by atoms with Crippen LogP contribution < -0.4 is 4.90 Å². The van der Waals surface area contributed by atoms with Crippen molar-refractivity contribution in [1.29, 1.82) is 0 Å². The van der Waals surface area contributed by atoms with Gasteiger partial charge in [0.05, 0.1) is 5.69 Å². The molecular formula is C9H14N2. The van der Waals surface area contributed by atoms with Gasteiger partial charge in [0.2, 0.25) is 0 Å². The lowest BCUT2D eigenvalue weighted by Gasteiger charge is -2.16. The Hall–Kier alpha value is -0.920. The van der Waals surface area contributed by atoms with Crippen molar-refractivity contribution >= 4 is 5.69 Å². The smallest absolute Gasteiger partial charge is 0.0577 e. The van der Waals surface area contributed by atoms with Gasteiger partial charge in [0, 0.05) is 25.5 Å². The van der Waals surface area contributed by atoms with E-state index in [0.29, 0.717) is 0 Å². The maximum Gasteiger partial charge on any atom is 0.0577 e. The molecule has 1 aromatic rings. The van der Waals surface area contributed by atoms with Crippen LogP contribution >= 0.6 is 0 Å². The average Bonchev–Trinajstić information content (AvgIpc) is 2.53. The number of hydrogen-bond acceptors (Lipinski definition) is 1. The van der Waals surface area contributed by atoms with Gasteiger partial charge in [-0.2, -0.15) is 0 Å². The van der Waals surface area contributed by atoms with E-state index in [2.05, 4.69) is 29.2 Å². The zero-order valence-electron chi connectivity index (χ0n) is 6.93. The maximum atomic E-state index is 3.15. The Morgan fingerprint density at radius 1 is 1.55 bits per heavy atom. The van der Waals surface area contributed by atoms with Crippen LogP contribution in [0.3, 0.4) is 0 Å². The lowest BCUT2D eigenvalue weighted by Crippen LogP contribution is -2.20.